The number of carbonyl (C=O) groups is 2. The lowest BCUT2D eigenvalue weighted by Crippen LogP contribution is -2.33. The lowest BCUT2D eigenvalue weighted by molar-refractivity contribution is 0.0980. The van der Waals surface area contributed by atoms with Gasteiger partial charge in [-0.05, 0) is 67.7 Å². The van der Waals surface area contributed by atoms with Crippen LogP contribution in [-0.4, -0.2) is 61.0 Å². The number of aromatic nitrogens is 3. The third-order valence-electron chi connectivity index (χ3n) is 6.01. The number of aryl methyl sites for hydroxylation is 2. The van der Waals surface area contributed by atoms with Crippen LogP contribution in [0.1, 0.15) is 44.1 Å². The van der Waals surface area contributed by atoms with Gasteiger partial charge in [0, 0.05) is 47.7 Å². The number of hydrogen-bond donors (Lipinski definition) is 4. The number of anilines is 1. The molecule has 216 valence electrons. The van der Waals surface area contributed by atoms with Gasteiger partial charge >= 0.3 is 0 Å². The van der Waals surface area contributed by atoms with E-state index in [4.69, 9.17) is 5.11 Å². The van der Waals surface area contributed by atoms with Crippen molar-refractivity contribution in [1.82, 2.24) is 24.8 Å². The van der Waals surface area contributed by atoms with E-state index in [9.17, 15) is 13.8 Å². The van der Waals surface area contributed by atoms with E-state index in [0.29, 0.717) is 46.9 Å². The monoisotopic (exact) mass is 584 g/mol. The van der Waals surface area contributed by atoms with Gasteiger partial charge in [0.05, 0.1) is 27.6 Å². The van der Waals surface area contributed by atoms with Crippen LogP contribution in [0, 0.1) is 18.8 Å². The highest BCUT2D eigenvalue weighted by Crippen LogP contribution is 2.14. The van der Waals surface area contributed by atoms with Gasteiger partial charge in [-0.15, -0.1) is 0 Å². The van der Waals surface area contributed by atoms with Crippen molar-refractivity contribution < 1.29 is 18.9 Å². The maximum Gasteiger partial charge on any atom is 0.273 e. The maximum atomic E-state index is 13.9. The molecule has 0 radical (unpaired) electrons. The van der Waals surface area contributed by atoms with E-state index in [2.05, 4.69) is 37.3 Å². The quantitative estimate of drug-likeness (QED) is 0.128. The molecule has 4 rings (SSSR count). The number of pyridine rings is 1. The summed E-state index contributed by atoms with van der Waals surface area (Å²) >= 11 is 0. The molecule has 0 aliphatic carbocycles. The molecule has 1 atom stereocenters. The predicted molar refractivity (Wildman–Crippen MR) is 164 cm³/mol. The van der Waals surface area contributed by atoms with Crippen molar-refractivity contribution in [2.75, 3.05) is 25.0 Å². The fraction of sp³-hybridized carbons (Fsp3) is 0.194. The van der Waals surface area contributed by atoms with Crippen molar-refractivity contribution in [1.29, 1.82) is 0 Å². The van der Waals surface area contributed by atoms with Crippen molar-refractivity contribution >= 4 is 32.6 Å². The van der Waals surface area contributed by atoms with Crippen LogP contribution in [0.25, 0.3) is 0 Å². The number of amides is 2. The highest BCUT2D eigenvalue weighted by atomic mass is 32.2. The molecule has 1 unspecified atom stereocenters. The molecule has 4 aromatic rings. The number of benzene rings is 2. The smallest absolute Gasteiger partial charge is 0.273 e. The summed E-state index contributed by atoms with van der Waals surface area (Å²) in [5.41, 5.74) is 3.13. The van der Waals surface area contributed by atoms with Crippen molar-refractivity contribution in [3.8, 4) is 11.8 Å². The number of aliphatic hydroxyl groups is 1. The fourth-order valence-corrected chi connectivity index (χ4v) is 5.82. The number of nitrogens with zero attached hydrogens (tertiary/aromatic N) is 3. The Morgan fingerprint density at radius 1 is 0.976 bits per heavy atom. The molecular weight excluding hydrogens is 552 g/mol. The highest BCUT2D eigenvalue weighted by Gasteiger charge is 2.16. The normalized spacial score (nSPS) is 12.0. The third kappa shape index (κ3) is 8.14. The fourth-order valence-electron chi connectivity index (χ4n) is 4.02. The summed E-state index contributed by atoms with van der Waals surface area (Å²) in [4.78, 5) is 30.5. The van der Waals surface area contributed by atoms with Crippen LogP contribution in [0.15, 0.2) is 84.0 Å². The van der Waals surface area contributed by atoms with Crippen LogP contribution < -0.4 is 15.4 Å². The Kier molecular flexibility index (Phi) is 10.2. The van der Waals surface area contributed by atoms with E-state index >= 15 is 0 Å². The first-order chi connectivity index (χ1) is 20.3. The number of hydrogen-bond acceptors (Lipinski definition) is 7. The van der Waals surface area contributed by atoms with Crippen LogP contribution in [0.3, 0.4) is 0 Å². The van der Waals surface area contributed by atoms with Crippen LogP contribution in [-0.2, 0) is 16.8 Å². The van der Waals surface area contributed by atoms with Gasteiger partial charge in [-0.2, -0.15) is 5.10 Å². The minimum Gasteiger partial charge on any atom is -0.395 e. The Balaban J connectivity index is 1.49. The number of carbonyl (C=O) groups excluding carboxylic acids is 2. The molecule has 0 aliphatic heterocycles. The number of rotatable bonds is 10. The molecule has 2 amide bonds. The topological polar surface area (TPSA) is 138 Å². The molecule has 10 nitrogen and oxygen atoms in total. The average molecular weight is 585 g/mol. The van der Waals surface area contributed by atoms with Gasteiger partial charge in [0.25, 0.3) is 11.8 Å². The van der Waals surface area contributed by atoms with E-state index in [1.807, 2.05) is 13.0 Å². The SMILES string of the molecule is Cc1cc(C(=O)Nc2cccc(C#Cc3cncc(C(=O)NS(=O)(=CCCNCCO)c4ccccc4)c3)c2)n(C)n1. The van der Waals surface area contributed by atoms with Gasteiger partial charge in [0.2, 0.25) is 0 Å². The molecule has 0 fully saturated rings. The predicted octanol–water partition coefficient (Wildman–Crippen LogP) is 2.54. The summed E-state index contributed by atoms with van der Waals surface area (Å²) in [6, 6.07) is 19.1. The molecule has 42 heavy (non-hydrogen) atoms. The molecule has 2 aromatic carbocycles. The standard InChI is InChI=1S/C31H32N6O4S/c1-23-18-29(37(2)35-23)31(40)34-27-9-6-8-24(20-27)12-13-25-19-26(22-33-21-25)30(39)36-42(41,17-7-14-32-15-16-38)28-10-4-3-5-11-28/h3-6,8-11,17-22,32,38H,7,14-16H2,1-2H3,(H,34,40)(H,36,39,41). The van der Waals surface area contributed by atoms with Gasteiger partial charge in [-0.25, -0.2) is 4.21 Å². The summed E-state index contributed by atoms with van der Waals surface area (Å²) in [5.74, 6) is 5.21. The van der Waals surface area contributed by atoms with Gasteiger partial charge in [-0.3, -0.25) is 24.0 Å². The molecule has 2 aromatic heterocycles. The van der Waals surface area contributed by atoms with Gasteiger partial charge in [0.1, 0.15) is 5.69 Å². The molecule has 0 spiro atoms. The van der Waals surface area contributed by atoms with Gasteiger partial charge in [-0.1, -0.05) is 36.1 Å². The summed E-state index contributed by atoms with van der Waals surface area (Å²) in [6.45, 7) is 2.75. The molecule has 11 heteroatoms. The van der Waals surface area contributed by atoms with Gasteiger partial charge in [0.15, 0.2) is 0 Å². The summed E-state index contributed by atoms with van der Waals surface area (Å²) in [7, 11) is -1.33. The van der Waals surface area contributed by atoms with Crippen molar-refractivity contribution in [3.05, 3.63) is 107 Å². The average Bonchev–Trinajstić information content (AvgIpc) is 3.34. The summed E-state index contributed by atoms with van der Waals surface area (Å²) < 4.78 is 18.1. The Morgan fingerprint density at radius 2 is 1.76 bits per heavy atom. The van der Waals surface area contributed by atoms with Gasteiger partial charge < -0.3 is 15.7 Å². The zero-order valence-corrected chi connectivity index (χ0v) is 24.1. The zero-order chi connectivity index (χ0) is 30.0. The summed E-state index contributed by atoms with van der Waals surface area (Å²) in [6.07, 6.45) is 3.34. The van der Waals surface area contributed by atoms with E-state index in [0.717, 1.165) is 5.69 Å². The van der Waals surface area contributed by atoms with E-state index in [-0.39, 0.29) is 18.1 Å². The second-order valence-corrected chi connectivity index (χ2v) is 11.5. The second kappa shape index (κ2) is 14.2. The Labute approximate surface area is 245 Å². The van der Waals surface area contributed by atoms with Crippen LogP contribution >= 0.6 is 0 Å². The minimum absolute atomic E-state index is 0.00482. The lowest BCUT2D eigenvalue weighted by Gasteiger charge is -2.14. The number of aliphatic hydroxyl groups excluding tert-OH is 1. The van der Waals surface area contributed by atoms with Crippen LogP contribution in [0.5, 0.6) is 0 Å². The largest absolute Gasteiger partial charge is 0.395 e. The Hall–Kier alpha value is -4.76. The number of nitrogens with one attached hydrogen (secondary N) is 3. The first-order valence-corrected chi connectivity index (χ1v) is 14.8. The maximum absolute atomic E-state index is 13.9. The third-order valence-corrected chi connectivity index (χ3v) is 8.17. The lowest BCUT2D eigenvalue weighted by atomic mass is 10.1. The minimum atomic E-state index is -3.04. The molecule has 2 heterocycles. The molecule has 0 saturated heterocycles. The van der Waals surface area contributed by atoms with E-state index in [1.54, 1.807) is 73.1 Å². The molecule has 0 aliphatic rings. The summed E-state index contributed by atoms with van der Waals surface area (Å²) in [5, 5.41) is 20.6. The second-order valence-electron chi connectivity index (χ2n) is 9.32. The van der Waals surface area contributed by atoms with E-state index < -0.39 is 15.6 Å². The molecule has 4 N–H and O–H groups in total. The molecule has 0 saturated carbocycles. The first-order valence-electron chi connectivity index (χ1n) is 13.2. The van der Waals surface area contributed by atoms with Crippen molar-refractivity contribution in [2.24, 2.45) is 7.05 Å². The Morgan fingerprint density at radius 3 is 2.50 bits per heavy atom. The Bertz CT molecular complexity index is 1750. The van der Waals surface area contributed by atoms with Crippen molar-refractivity contribution in [3.63, 3.8) is 0 Å². The van der Waals surface area contributed by atoms with Crippen LogP contribution in [0.2, 0.25) is 0 Å². The molecule has 0 bridgehead atoms. The van der Waals surface area contributed by atoms with E-state index in [1.165, 1.54) is 17.1 Å². The molecular formula is C31H32N6O4S. The highest BCUT2D eigenvalue weighted by molar-refractivity contribution is 8.00. The van der Waals surface area contributed by atoms with Crippen molar-refractivity contribution in [2.45, 2.75) is 18.2 Å². The van der Waals surface area contributed by atoms with Crippen LogP contribution in [0.4, 0.5) is 5.69 Å². The zero-order valence-electron chi connectivity index (χ0n) is 23.3. The first kappa shape index (κ1) is 30.2.